The first kappa shape index (κ1) is 24.2. The van der Waals surface area contributed by atoms with Crippen LogP contribution in [-0.4, -0.2) is 14.2 Å². The molecule has 182 valence electrons. The van der Waals surface area contributed by atoms with Crippen LogP contribution < -0.4 is 10.4 Å². The maximum Gasteiger partial charge on any atom is 0.211 e. The van der Waals surface area contributed by atoms with Gasteiger partial charge in [-0.3, -0.25) is 0 Å². The van der Waals surface area contributed by atoms with Gasteiger partial charge in [0.25, 0.3) is 0 Å². The van der Waals surface area contributed by atoms with Gasteiger partial charge in [-0.1, -0.05) is 77.8 Å². The summed E-state index contributed by atoms with van der Waals surface area (Å²) >= 11 is 12.7. The topological polar surface area (TPSA) is 51.7 Å². The molecule has 5 nitrogen and oxygen atoms in total. The standard InChI is InChI=1S/C29H25Cl2N3O2/c1-33-27-15-25(30)26(31)16-28(27)34(17-20-7-9-21(18-35)10-8-20)29(33)32-23-11-13-24(14-12-23)36-19-22-5-3-2-4-6-22/h2-16,35H,17-19H2,1H3/b32-29-. The minimum absolute atomic E-state index is 0.0153. The molecule has 0 saturated heterocycles. The summed E-state index contributed by atoms with van der Waals surface area (Å²) < 4.78 is 10.0. The fourth-order valence-electron chi connectivity index (χ4n) is 4.10. The zero-order valence-electron chi connectivity index (χ0n) is 19.7. The van der Waals surface area contributed by atoms with E-state index in [9.17, 15) is 5.11 Å². The van der Waals surface area contributed by atoms with Crippen LogP contribution in [0, 0.1) is 0 Å². The minimum atomic E-state index is 0.0153. The smallest absolute Gasteiger partial charge is 0.211 e. The number of aromatic nitrogens is 2. The van der Waals surface area contributed by atoms with Crippen LogP contribution in [0.25, 0.3) is 11.0 Å². The van der Waals surface area contributed by atoms with E-state index in [0.29, 0.717) is 23.2 Å². The SMILES string of the molecule is Cn1/c(=N/c2ccc(OCc3ccccc3)cc2)n(Cc2ccc(CO)cc2)c2cc(Cl)c(Cl)cc21. The molecule has 1 heterocycles. The van der Waals surface area contributed by atoms with Crippen molar-refractivity contribution < 1.29 is 9.84 Å². The Morgan fingerprint density at radius 1 is 0.778 bits per heavy atom. The molecule has 5 rings (SSSR count). The number of hydrogen-bond acceptors (Lipinski definition) is 3. The number of hydrogen-bond donors (Lipinski definition) is 1. The molecule has 4 aromatic carbocycles. The number of ether oxygens (including phenoxy) is 1. The zero-order valence-corrected chi connectivity index (χ0v) is 21.2. The number of aliphatic hydroxyl groups excluding tert-OH is 1. The summed E-state index contributed by atoms with van der Waals surface area (Å²) in [5.41, 5.74) is 6.49. The van der Waals surface area contributed by atoms with Gasteiger partial charge in [0.15, 0.2) is 0 Å². The van der Waals surface area contributed by atoms with Crippen molar-refractivity contribution in [1.82, 2.24) is 9.13 Å². The number of rotatable bonds is 7. The largest absolute Gasteiger partial charge is 0.489 e. The van der Waals surface area contributed by atoms with Gasteiger partial charge >= 0.3 is 0 Å². The molecule has 7 heteroatoms. The van der Waals surface area contributed by atoms with E-state index in [2.05, 4.69) is 4.57 Å². The summed E-state index contributed by atoms with van der Waals surface area (Å²) in [5.74, 6) is 0.783. The summed E-state index contributed by atoms with van der Waals surface area (Å²) in [5, 5.41) is 10.4. The molecular weight excluding hydrogens is 493 g/mol. The van der Waals surface area contributed by atoms with Crippen molar-refractivity contribution in [1.29, 1.82) is 0 Å². The molecule has 0 aliphatic heterocycles. The molecule has 0 amide bonds. The highest BCUT2D eigenvalue weighted by molar-refractivity contribution is 6.42. The van der Waals surface area contributed by atoms with Crippen LogP contribution in [0.3, 0.4) is 0 Å². The van der Waals surface area contributed by atoms with E-state index in [1.165, 1.54) is 0 Å². The lowest BCUT2D eigenvalue weighted by Crippen LogP contribution is -2.24. The second-order valence-corrected chi connectivity index (χ2v) is 9.37. The summed E-state index contributed by atoms with van der Waals surface area (Å²) in [6.07, 6.45) is 0. The van der Waals surface area contributed by atoms with Gasteiger partial charge < -0.3 is 19.0 Å². The van der Waals surface area contributed by atoms with Crippen LogP contribution in [0.2, 0.25) is 10.0 Å². The molecule has 0 bridgehead atoms. The predicted molar refractivity (Wildman–Crippen MR) is 145 cm³/mol. The number of fused-ring (bicyclic) bond motifs is 1. The maximum absolute atomic E-state index is 9.38. The van der Waals surface area contributed by atoms with E-state index in [1.807, 2.05) is 103 Å². The Hall–Kier alpha value is -3.51. The summed E-state index contributed by atoms with van der Waals surface area (Å²) in [6, 6.07) is 29.4. The predicted octanol–water partition coefficient (Wildman–Crippen LogP) is 6.64. The van der Waals surface area contributed by atoms with Crippen LogP contribution in [-0.2, 0) is 26.8 Å². The molecule has 0 radical (unpaired) electrons. The summed E-state index contributed by atoms with van der Waals surface area (Å²) in [7, 11) is 1.97. The van der Waals surface area contributed by atoms with Crippen molar-refractivity contribution in [3.05, 3.63) is 123 Å². The van der Waals surface area contributed by atoms with E-state index in [0.717, 1.165) is 44.8 Å². The Labute approximate surface area is 219 Å². The monoisotopic (exact) mass is 517 g/mol. The molecule has 0 fully saturated rings. The molecule has 0 aliphatic rings. The number of aryl methyl sites for hydroxylation is 1. The van der Waals surface area contributed by atoms with Crippen LogP contribution in [0.1, 0.15) is 16.7 Å². The van der Waals surface area contributed by atoms with Gasteiger partial charge in [-0.15, -0.1) is 0 Å². The first-order valence-electron chi connectivity index (χ1n) is 11.6. The lowest BCUT2D eigenvalue weighted by Gasteiger charge is -2.08. The first-order valence-corrected chi connectivity index (χ1v) is 12.3. The van der Waals surface area contributed by atoms with Crippen molar-refractivity contribution >= 4 is 39.9 Å². The molecule has 1 N–H and O–H groups in total. The van der Waals surface area contributed by atoms with Crippen LogP contribution in [0.15, 0.2) is 96.0 Å². The lowest BCUT2D eigenvalue weighted by atomic mass is 10.1. The van der Waals surface area contributed by atoms with Crippen LogP contribution in [0.4, 0.5) is 5.69 Å². The van der Waals surface area contributed by atoms with Crippen molar-refractivity contribution in [3.8, 4) is 5.75 Å². The van der Waals surface area contributed by atoms with Crippen molar-refractivity contribution in [3.63, 3.8) is 0 Å². The molecule has 36 heavy (non-hydrogen) atoms. The number of benzene rings is 4. The number of imidazole rings is 1. The summed E-state index contributed by atoms with van der Waals surface area (Å²) in [6.45, 7) is 1.11. The normalized spacial score (nSPS) is 11.8. The maximum atomic E-state index is 9.38. The highest BCUT2D eigenvalue weighted by Gasteiger charge is 2.13. The molecule has 0 aliphatic carbocycles. The van der Waals surface area contributed by atoms with Crippen molar-refractivity contribution in [2.45, 2.75) is 19.8 Å². The number of nitrogens with zero attached hydrogens (tertiary/aromatic N) is 3. The lowest BCUT2D eigenvalue weighted by molar-refractivity contribution is 0.282. The van der Waals surface area contributed by atoms with Crippen molar-refractivity contribution in [2.75, 3.05) is 0 Å². The molecule has 0 atom stereocenters. The van der Waals surface area contributed by atoms with E-state index in [4.69, 9.17) is 32.9 Å². The van der Waals surface area contributed by atoms with Gasteiger partial charge in [0, 0.05) is 7.05 Å². The van der Waals surface area contributed by atoms with Gasteiger partial charge in [0.1, 0.15) is 12.4 Å². The van der Waals surface area contributed by atoms with Crippen LogP contribution >= 0.6 is 23.2 Å². The fraction of sp³-hybridized carbons (Fsp3) is 0.138. The van der Waals surface area contributed by atoms with E-state index < -0.39 is 0 Å². The third kappa shape index (κ3) is 5.19. The Balaban J connectivity index is 1.51. The Morgan fingerprint density at radius 3 is 2.08 bits per heavy atom. The third-order valence-electron chi connectivity index (χ3n) is 6.07. The molecule has 1 aromatic heterocycles. The van der Waals surface area contributed by atoms with Crippen LogP contribution in [0.5, 0.6) is 5.75 Å². The summed E-state index contributed by atoms with van der Waals surface area (Å²) in [4.78, 5) is 4.97. The second-order valence-electron chi connectivity index (χ2n) is 8.55. The highest BCUT2D eigenvalue weighted by Crippen LogP contribution is 2.28. The van der Waals surface area contributed by atoms with Gasteiger partial charge in [0.05, 0.1) is 39.9 Å². The van der Waals surface area contributed by atoms with Gasteiger partial charge in [-0.2, -0.15) is 0 Å². The Kier molecular flexibility index (Phi) is 7.14. The minimum Gasteiger partial charge on any atom is -0.489 e. The van der Waals surface area contributed by atoms with Crippen molar-refractivity contribution in [2.24, 2.45) is 12.0 Å². The first-order chi connectivity index (χ1) is 17.5. The van der Waals surface area contributed by atoms with E-state index in [1.54, 1.807) is 0 Å². The molecule has 0 spiro atoms. The average molecular weight is 518 g/mol. The quantitative estimate of drug-likeness (QED) is 0.263. The number of halogens is 2. The third-order valence-corrected chi connectivity index (χ3v) is 6.79. The average Bonchev–Trinajstić information content (AvgIpc) is 3.14. The highest BCUT2D eigenvalue weighted by atomic mass is 35.5. The van der Waals surface area contributed by atoms with E-state index >= 15 is 0 Å². The zero-order chi connectivity index (χ0) is 25.1. The molecule has 0 saturated carbocycles. The van der Waals surface area contributed by atoms with E-state index in [-0.39, 0.29) is 6.61 Å². The number of aliphatic hydroxyl groups is 1. The second kappa shape index (κ2) is 10.6. The Morgan fingerprint density at radius 2 is 1.42 bits per heavy atom. The van der Waals surface area contributed by atoms with Gasteiger partial charge in [-0.25, -0.2) is 4.99 Å². The Bertz CT molecular complexity index is 1560. The van der Waals surface area contributed by atoms with Gasteiger partial charge in [0.2, 0.25) is 5.62 Å². The van der Waals surface area contributed by atoms with Gasteiger partial charge in [-0.05, 0) is 53.1 Å². The molecule has 0 unspecified atom stereocenters. The molecule has 5 aromatic rings. The molecular formula is C29H25Cl2N3O2. The fourth-order valence-corrected chi connectivity index (χ4v) is 4.42.